The van der Waals surface area contributed by atoms with E-state index in [9.17, 15) is 9.90 Å². The van der Waals surface area contributed by atoms with Crippen molar-refractivity contribution in [1.29, 1.82) is 0 Å². The monoisotopic (exact) mass is 404 g/mol. The molecular weight excluding hydrogens is 359 g/mol. The molecule has 0 rings (SSSR count). The van der Waals surface area contributed by atoms with Crippen molar-refractivity contribution in [3.05, 3.63) is 12.2 Å². The first-order valence-electron chi connectivity index (χ1n) is 11.7. The van der Waals surface area contributed by atoms with Crippen LogP contribution >= 0.6 is 0 Å². The molecule has 4 heteroatoms. The Morgan fingerprint density at radius 1 is 0.714 bits per heavy atom. The Balaban J connectivity index is 0. The summed E-state index contributed by atoms with van der Waals surface area (Å²) >= 11 is 0. The van der Waals surface area contributed by atoms with Gasteiger partial charge in [-0.3, -0.25) is 0 Å². The van der Waals surface area contributed by atoms with Gasteiger partial charge in [-0.15, -0.1) is 0 Å². The van der Waals surface area contributed by atoms with E-state index in [-0.39, 0.29) is 29.6 Å². The van der Waals surface area contributed by atoms with Gasteiger partial charge in [-0.05, 0) is 32.1 Å². The molecule has 0 radical (unpaired) electrons. The van der Waals surface area contributed by atoms with E-state index in [2.05, 4.69) is 19.1 Å². The van der Waals surface area contributed by atoms with Crippen molar-refractivity contribution in [2.24, 2.45) is 0 Å². The first-order valence-corrected chi connectivity index (χ1v) is 11.7. The maximum absolute atomic E-state index is 10.4. The van der Waals surface area contributed by atoms with Crippen molar-refractivity contribution in [3.8, 4) is 0 Å². The Morgan fingerprint density at radius 2 is 1.07 bits per heavy atom. The van der Waals surface area contributed by atoms with Crippen LogP contribution in [0.2, 0.25) is 0 Å². The zero-order valence-electron chi connectivity index (χ0n) is 18.9. The van der Waals surface area contributed by atoms with Crippen molar-refractivity contribution in [1.82, 2.24) is 0 Å². The van der Waals surface area contributed by atoms with Gasteiger partial charge >= 0.3 is 29.6 Å². The minimum absolute atomic E-state index is 0. The van der Waals surface area contributed by atoms with Gasteiger partial charge in [-0.1, -0.05) is 109 Å². The third-order valence-electron chi connectivity index (χ3n) is 5.26. The van der Waals surface area contributed by atoms with Gasteiger partial charge in [0, 0.05) is 0 Å². The van der Waals surface area contributed by atoms with Crippen molar-refractivity contribution in [2.45, 2.75) is 135 Å². The normalized spacial score (nSPS) is 12.2. The van der Waals surface area contributed by atoms with E-state index in [1.807, 2.05) is 0 Å². The molecule has 0 aliphatic heterocycles. The summed E-state index contributed by atoms with van der Waals surface area (Å²) in [6.45, 7) is 2.27. The van der Waals surface area contributed by atoms with Gasteiger partial charge in [0.25, 0.3) is 0 Å². The Kier molecular flexibility index (Phi) is 27.3. The molecule has 1 atom stereocenters. The molecule has 0 aliphatic carbocycles. The van der Waals surface area contributed by atoms with Crippen LogP contribution in [0.15, 0.2) is 12.2 Å². The van der Waals surface area contributed by atoms with Crippen LogP contribution in [0.3, 0.4) is 0 Å². The Labute approximate surface area is 197 Å². The smallest absolute Gasteiger partial charge is 0.547 e. The maximum atomic E-state index is 10.4. The van der Waals surface area contributed by atoms with Crippen molar-refractivity contribution < 1.29 is 44.6 Å². The summed E-state index contributed by atoms with van der Waals surface area (Å²) in [5.41, 5.74) is 0. The number of rotatable bonds is 21. The Bertz CT molecular complexity index is 345. The molecule has 3 nitrogen and oxygen atoms in total. The van der Waals surface area contributed by atoms with Gasteiger partial charge in [-0.25, -0.2) is 0 Å². The molecule has 0 saturated carbocycles. The zero-order chi connectivity index (χ0) is 20.0. The molecule has 0 aliphatic rings. The topological polar surface area (TPSA) is 60.4 Å². The number of carbonyl (C=O) groups is 1. The number of aliphatic carboxylic acids is 1. The van der Waals surface area contributed by atoms with Crippen LogP contribution in [0.25, 0.3) is 0 Å². The number of hydrogen-bond acceptors (Lipinski definition) is 3. The zero-order valence-corrected chi connectivity index (χ0v) is 20.9. The molecule has 0 aromatic heterocycles. The van der Waals surface area contributed by atoms with Crippen LogP contribution in [0, 0.1) is 0 Å². The second kappa shape index (κ2) is 25.2. The molecule has 0 bridgehead atoms. The number of allylic oxidation sites excluding steroid dienone is 2. The first-order chi connectivity index (χ1) is 13.2. The average Bonchev–Trinajstić information content (AvgIpc) is 2.66. The quantitative estimate of drug-likeness (QED) is 0.182. The van der Waals surface area contributed by atoms with Crippen LogP contribution < -0.4 is 34.7 Å². The molecule has 28 heavy (non-hydrogen) atoms. The van der Waals surface area contributed by atoms with Crippen LogP contribution in [0.5, 0.6) is 0 Å². The van der Waals surface area contributed by atoms with Gasteiger partial charge in [-0.2, -0.15) is 0 Å². The van der Waals surface area contributed by atoms with E-state index in [4.69, 9.17) is 5.11 Å². The summed E-state index contributed by atoms with van der Waals surface area (Å²) in [6, 6.07) is 0. The van der Waals surface area contributed by atoms with Gasteiger partial charge in [0.1, 0.15) is 0 Å². The van der Waals surface area contributed by atoms with E-state index in [1.54, 1.807) is 0 Å². The molecule has 0 spiro atoms. The number of hydrogen-bond donors (Lipinski definition) is 1. The number of unbranched alkanes of at least 4 members (excludes halogenated alkanes) is 16. The largest absolute Gasteiger partial charge is 1.00 e. The van der Waals surface area contributed by atoms with Crippen LogP contribution in [-0.4, -0.2) is 17.2 Å². The van der Waals surface area contributed by atoms with E-state index in [1.165, 1.54) is 83.5 Å². The summed E-state index contributed by atoms with van der Waals surface area (Å²) in [7, 11) is 0. The van der Waals surface area contributed by atoms with Gasteiger partial charge in [0.05, 0.1) is 12.1 Å². The molecule has 0 aromatic rings. The predicted molar refractivity (Wildman–Crippen MR) is 114 cm³/mol. The van der Waals surface area contributed by atoms with Gasteiger partial charge < -0.3 is 15.0 Å². The van der Waals surface area contributed by atoms with E-state index < -0.39 is 12.1 Å². The van der Waals surface area contributed by atoms with E-state index in [0.717, 1.165) is 32.1 Å². The molecule has 0 heterocycles. The summed E-state index contributed by atoms with van der Waals surface area (Å²) in [6.07, 6.45) is 26.7. The van der Waals surface area contributed by atoms with E-state index >= 15 is 0 Å². The molecule has 160 valence electrons. The van der Waals surface area contributed by atoms with Gasteiger partial charge in [0.15, 0.2) is 0 Å². The molecule has 1 unspecified atom stereocenters. The summed E-state index contributed by atoms with van der Waals surface area (Å²) in [5.74, 6) is -1.35. The van der Waals surface area contributed by atoms with Gasteiger partial charge in [0.2, 0.25) is 0 Å². The average molecular weight is 405 g/mol. The summed E-state index contributed by atoms with van der Waals surface area (Å²) in [5, 5.41) is 19.5. The minimum atomic E-state index is -1.35. The fraction of sp³-hybridized carbons (Fsp3) is 0.875. The second-order valence-corrected chi connectivity index (χ2v) is 7.98. The van der Waals surface area contributed by atoms with E-state index in [0.29, 0.717) is 6.42 Å². The Morgan fingerprint density at radius 3 is 1.46 bits per heavy atom. The third-order valence-corrected chi connectivity index (χ3v) is 5.26. The number of carboxylic acid groups (broad SMARTS) is 1. The number of aliphatic hydroxyl groups excluding tert-OH is 1. The van der Waals surface area contributed by atoms with Crippen LogP contribution in [0.4, 0.5) is 0 Å². The van der Waals surface area contributed by atoms with Crippen molar-refractivity contribution >= 4 is 5.97 Å². The standard InChI is InChI=1S/C24H46O3.Na/c1-2-3-4-5-6-7-8-9-10-11-12-13-14-15-16-17-18-19-20-21-22-23(25)24(26)27;/h15-16,23,25H,2-14,17-22H2,1H3,(H,26,27);/q;+1/p-1. The summed E-state index contributed by atoms with van der Waals surface area (Å²) in [4.78, 5) is 10.4. The molecule has 0 aromatic carbocycles. The molecule has 0 amide bonds. The fourth-order valence-electron chi connectivity index (χ4n) is 3.41. The SMILES string of the molecule is CCCCCCCCCCCCCCC=CCCCCCCC(O)C(=O)[O-].[Na+]. The molecule has 0 saturated heterocycles. The fourth-order valence-corrected chi connectivity index (χ4v) is 3.41. The maximum Gasteiger partial charge on any atom is 1.00 e. The molecule has 1 N–H and O–H groups in total. The predicted octanol–water partition coefficient (Wildman–Crippen LogP) is 3.09. The van der Waals surface area contributed by atoms with Crippen molar-refractivity contribution in [2.75, 3.05) is 0 Å². The first kappa shape index (κ1) is 30.4. The van der Waals surface area contributed by atoms with Crippen LogP contribution in [-0.2, 0) is 4.79 Å². The van der Waals surface area contributed by atoms with Crippen molar-refractivity contribution in [3.63, 3.8) is 0 Å². The number of carbonyl (C=O) groups excluding carboxylic acids is 1. The summed E-state index contributed by atoms with van der Waals surface area (Å²) < 4.78 is 0. The number of aliphatic hydroxyl groups is 1. The third kappa shape index (κ3) is 24.2. The molecule has 0 fully saturated rings. The second-order valence-electron chi connectivity index (χ2n) is 7.98. The minimum Gasteiger partial charge on any atom is -0.547 e. The number of carboxylic acids is 1. The van der Waals surface area contributed by atoms with Crippen LogP contribution in [0.1, 0.15) is 129 Å². The Hall–Kier alpha value is 0.170. The molecular formula is C24H45NaO3.